The zero-order valence-electron chi connectivity index (χ0n) is 13.5. The number of hydrogen-bond acceptors (Lipinski definition) is 4. The maximum atomic E-state index is 12.2. The number of nitrogens with one attached hydrogen (secondary N) is 2. The van der Waals surface area contributed by atoms with Gasteiger partial charge < -0.3 is 9.47 Å². The SMILES string of the molecule is COc1cc(Cl)ccc1C(=O)NNC(=O)C(C)Oc1cccc(Cl)c1. The highest BCUT2D eigenvalue weighted by atomic mass is 35.5. The van der Waals surface area contributed by atoms with Gasteiger partial charge in [0.1, 0.15) is 11.5 Å². The molecule has 0 spiro atoms. The molecule has 0 heterocycles. The van der Waals surface area contributed by atoms with Crippen molar-refractivity contribution in [2.75, 3.05) is 7.11 Å². The van der Waals surface area contributed by atoms with Gasteiger partial charge in [-0.15, -0.1) is 0 Å². The second kappa shape index (κ2) is 8.60. The number of carbonyl (C=O) groups is 2. The van der Waals surface area contributed by atoms with Crippen molar-refractivity contribution in [3.63, 3.8) is 0 Å². The molecule has 25 heavy (non-hydrogen) atoms. The zero-order valence-corrected chi connectivity index (χ0v) is 15.0. The van der Waals surface area contributed by atoms with Gasteiger partial charge in [-0.05, 0) is 43.3 Å². The largest absolute Gasteiger partial charge is 0.496 e. The summed E-state index contributed by atoms with van der Waals surface area (Å²) in [5, 5.41) is 0.925. The third kappa shape index (κ3) is 5.27. The van der Waals surface area contributed by atoms with Crippen molar-refractivity contribution in [2.45, 2.75) is 13.0 Å². The first kappa shape index (κ1) is 18.9. The molecule has 8 heteroatoms. The van der Waals surface area contributed by atoms with Crippen molar-refractivity contribution in [2.24, 2.45) is 0 Å². The monoisotopic (exact) mass is 382 g/mol. The fourth-order valence-corrected chi connectivity index (χ4v) is 2.28. The van der Waals surface area contributed by atoms with Gasteiger partial charge in [-0.1, -0.05) is 29.3 Å². The Labute approximate surface area is 155 Å². The Morgan fingerprint density at radius 1 is 1.04 bits per heavy atom. The van der Waals surface area contributed by atoms with E-state index in [-0.39, 0.29) is 5.56 Å². The van der Waals surface area contributed by atoms with Gasteiger partial charge in [0.05, 0.1) is 12.7 Å². The second-order valence-electron chi connectivity index (χ2n) is 5.01. The minimum Gasteiger partial charge on any atom is -0.496 e. The minimum atomic E-state index is -0.842. The highest BCUT2D eigenvalue weighted by Crippen LogP contribution is 2.23. The molecule has 0 saturated carbocycles. The average Bonchev–Trinajstić information content (AvgIpc) is 2.59. The van der Waals surface area contributed by atoms with E-state index in [2.05, 4.69) is 10.9 Å². The van der Waals surface area contributed by atoms with Gasteiger partial charge in [-0.3, -0.25) is 20.4 Å². The molecule has 0 aliphatic heterocycles. The van der Waals surface area contributed by atoms with Crippen molar-refractivity contribution >= 4 is 35.0 Å². The molecule has 2 aromatic rings. The number of amides is 2. The van der Waals surface area contributed by atoms with Crippen LogP contribution in [-0.4, -0.2) is 25.0 Å². The van der Waals surface area contributed by atoms with Crippen LogP contribution in [0, 0.1) is 0 Å². The van der Waals surface area contributed by atoms with Crippen LogP contribution in [0.4, 0.5) is 0 Å². The summed E-state index contributed by atoms with van der Waals surface area (Å²) in [6.07, 6.45) is -0.842. The molecule has 132 valence electrons. The summed E-state index contributed by atoms with van der Waals surface area (Å²) >= 11 is 11.7. The first-order valence-corrected chi connectivity index (χ1v) is 8.02. The fourth-order valence-electron chi connectivity index (χ4n) is 1.94. The lowest BCUT2D eigenvalue weighted by Crippen LogP contribution is -2.47. The third-order valence-electron chi connectivity index (χ3n) is 3.19. The molecule has 0 fully saturated rings. The average molecular weight is 383 g/mol. The van der Waals surface area contributed by atoms with E-state index in [0.717, 1.165) is 0 Å². The number of halogens is 2. The molecule has 6 nitrogen and oxygen atoms in total. The lowest BCUT2D eigenvalue weighted by Gasteiger charge is -2.16. The molecule has 2 N–H and O–H groups in total. The minimum absolute atomic E-state index is 0.232. The predicted octanol–water partition coefficient (Wildman–Crippen LogP) is 3.23. The molecule has 2 rings (SSSR count). The van der Waals surface area contributed by atoms with Gasteiger partial charge >= 0.3 is 0 Å². The van der Waals surface area contributed by atoms with Crippen LogP contribution in [0.15, 0.2) is 42.5 Å². The van der Waals surface area contributed by atoms with E-state index in [9.17, 15) is 9.59 Å². The molecule has 0 aliphatic carbocycles. The maximum Gasteiger partial charge on any atom is 0.279 e. The molecule has 1 atom stereocenters. The van der Waals surface area contributed by atoms with E-state index in [4.69, 9.17) is 32.7 Å². The van der Waals surface area contributed by atoms with E-state index >= 15 is 0 Å². The summed E-state index contributed by atoms with van der Waals surface area (Å²) in [4.78, 5) is 24.2. The normalized spacial score (nSPS) is 11.4. The lowest BCUT2D eigenvalue weighted by molar-refractivity contribution is -0.128. The quantitative estimate of drug-likeness (QED) is 0.778. The van der Waals surface area contributed by atoms with Crippen LogP contribution in [0.5, 0.6) is 11.5 Å². The molecule has 0 aromatic heterocycles. The molecule has 0 bridgehead atoms. The van der Waals surface area contributed by atoms with Gasteiger partial charge in [0, 0.05) is 10.0 Å². The van der Waals surface area contributed by atoms with Crippen LogP contribution in [0.1, 0.15) is 17.3 Å². The summed E-state index contributed by atoms with van der Waals surface area (Å²) in [7, 11) is 1.42. The van der Waals surface area contributed by atoms with Crippen LogP contribution in [0.2, 0.25) is 10.0 Å². The highest BCUT2D eigenvalue weighted by molar-refractivity contribution is 6.31. The molecular formula is C17H16Cl2N2O4. The molecule has 0 radical (unpaired) electrons. The van der Waals surface area contributed by atoms with E-state index in [0.29, 0.717) is 21.5 Å². The fraction of sp³-hybridized carbons (Fsp3) is 0.176. The maximum absolute atomic E-state index is 12.2. The van der Waals surface area contributed by atoms with Crippen LogP contribution in [0.3, 0.4) is 0 Å². The van der Waals surface area contributed by atoms with Gasteiger partial charge in [0.25, 0.3) is 11.8 Å². The van der Waals surface area contributed by atoms with Gasteiger partial charge in [-0.25, -0.2) is 0 Å². The topological polar surface area (TPSA) is 76.7 Å². The lowest BCUT2D eigenvalue weighted by atomic mass is 10.2. The van der Waals surface area contributed by atoms with Crippen LogP contribution >= 0.6 is 23.2 Å². The Hall–Kier alpha value is -2.44. The van der Waals surface area contributed by atoms with Crippen molar-refractivity contribution in [3.05, 3.63) is 58.1 Å². The van der Waals surface area contributed by atoms with Crippen molar-refractivity contribution in [3.8, 4) is 11.5 Å². The number of benzene rings is 2. The Kier molecular flexibility index (Phi) is 6.50. The standard InChI is InChI=1S/C17H16Cl2N2O4/c1-10(25-13-5-3-4-11(18)8-13)16(22)20-21-17(23)14-7-6-12(19)9-15(14)24-2/h3-10H,1-2H3,(H,20,22)(H,21,23). The first-order chi connectivity index (χ1) is 11.9. The number of rotatable bonds is 5. The van der Waals surface area contributed by atoms with Crippen molar-refractivity contribution in [1.82, 2.24) is 10.9 Å². The smallest absolute Gasteiger partial charge is 0.279 e. The van der Waals surface area contributed by atoms with Gasteiger partial charge in [0.2, 0.25) is 0 Å². The Bertz CT molecular complexity index is 783. The van der Waals surface area contributed by atoms with E-state index < -0.39 is 17.9 Å². The van der Waals surface area contributed by atoms with Crippen molar-refractivity contribution in [1.29, 1.82) is 0 Å². The summed E-state index contributed by atoms with van der Waals surface area (Å²) in [6.45, 7) is 1.55. The highest BCUT2D eigenvalue weighted by Gasteiger charge is 2.18. The molecule has 1 unspecified atom stereocenters. The molecule has 2 amide bonds. The number of methoxy groups -OCH3 is 1. The van der Waals surface area contributed by atoms with Crippen LogP contribution in [0.25, 0.3) is 0 Å². The Balaban J connectivity index is 1.94. The summed E-state index contributed by atoms with van der Waals surface area (Å²) in [5.74, 6) is -0.332. The number of ether oxygens (including phenoxy) is 2. The van der Waals surface area contributed by atoms with Gasteiger partial charge in [0.15, 0.2) is 6.10 Å². The first-order valence-electron chi connectivity index (χ1n) is 7.26. The molecule has 2 aromatic carbocycles. The molecular weight excluding hydrogens is 367 g/mol. The summed E-state index contributed by atoms with van der Waals surface area (Å²) < 4.78 is 10.6. The van der Waals surface area contributed by atoms with Crippen molar-refractivity contribution < 1.29 is 19.1 Å². The number of hydrogen-bond donors (Lipinski definition) is 2. The number of hydrazine groups is 1. The predicted molar refractivity (Wildman–Crippen MR) is 95.2 cm³/mol. The summed E-state index contributed by atoms with van der Waals surface area (Å²) in [6, 6.07) is 11.2. The Morgan fingerprint density at radius 2 is 1.76 bits per heavy atom. The third-order valence-corrected chi connectivity index (χ3v) is 3.66. The van der Waals surface area contributed by atoms with E-state index in [1.807, 2.05) is 0 Å². The summed E-state index contributed by atoms with van der Waals surface area (Å²) in [5.41, 5.74) is 4.83. The molecule has 0 saturated heterocycles. The van der Waals surface area contributed by atoms with Crippen LogP contribution < -0.4 is 20.3 Å². The number of carbonyl (C=O) groups excluding carboxylic acids is 2. The van der Waals surface area contributed by atoms with Crippen LogP contribution in [-0.2, 0) is 4.79 Å². The zero-order chi connectivity index (χ0) is 18.4. The van der Waals surface area contributed by atoms with Gasteiger partial charge in [-0.2, -0.15) is 0 Å². The Morgan fingerprint density at radius 3 is 2.44 bits per heavy atom. The van der Waals surface area contributed by atoms with E-state index in [1.165, 1.54) is 19.2 Å². The molecule has 0 aliphatic rings. The second-order valence-corrected chi connectivity index (χ2v) is 5.88. The van der Waals surface area contributed by atoms with E-state index in [1.54, 1.807) is 37.3 Å².